The number of carbonyl (C=O) groups excluding carboxylic acids is 1. The number of piperazine rings is 1. The number of benzene rings is 1. The van der Waals surface area contributed by atoms with Crippen molar-refractivity contribution in [3.63, 3.8) is 0 Å². The molecule has 0 aliphatic carbocycles. The average Bonchev–Trinajstić information content (AvgIpc) is 2.40. The molecular weight excluding hydrogens is 224 g/mol. The van der Waals surface area contributed by atoms with Gasteiger partial charge in [-0.15, -0.1) is 0 Å². The molecule has 0 atom stereocenters. The van der Waals surface area contributed by atoms with Gasteiger partial charge in [0.2, 0.25) is 5.91 Å². The van der Waals surface area contributed by atoms with Crippen molar-refractivity contribution in [3.8, 4) is 0 Å². The molecule has 3 heteroatoms. The topological polar surface area (TPSA) is 23.6 Å². The summed E-state index contributed by atoms with van der Waals surface area (Å²) in [7, 11) is 2.10. The Hall–Kier alpha value is -1.35. The third-order valence-corrected chi connectivity index (χ3v) is 3.64. The summed E-state index contributed by atoms with van der Waals surface area (Å²) in [5.74, 6) is 0.257. The maximum atomic E-state index is 12.1. The van der Waals surface area contributed by atoms with E-state index >= 15 is 0 Å². The van der Waals surface area contributed by atoms with Crippen molar-refractivity contribution < 1.29 is 4.79 Å². The molecule has 0 bridgehead atoms. The van der Waals surface area contributed by atoms with Crippen LogP contribution in [-0.4, -0.2) is 48.9 Å². The van der Waals surface area contributed by atoms with Crippen LogP contribution in [0, 0.1) is 0 Å². The van der Waals surface area contributed by atoms with Gasteiger partial charge in [-0.25, -0.2) is 0 Å². The van der Waals surface area contributed by atoms with Gasteiger partial charge in [-0.1, -0.05) is 31.2 Å². The predicted octanol–water partition coefficient (Wildman–Crippen LogP) is 1.57. The quantitative estimate of drug-likeness (QED) is 0.808. The highest BCUT2D eigenvalue weighted by molar-refractivity contribution is 5.78. The van der Waals surface area contributed by atoms with Crippen molar-refractivity contribution >= 4 is 5.91 Å². The Morgan fingerprint density at radius 3 is 2.17 bits per heavy atom. The van der Waals surface area contributed by atoms with Gasteiger partial charge in [0.15, 0.2) is 0 Å². The number of hydrogen-bond donors (Lipinski definition) is 0. The summed E-state index contributed by atoms with van der Waals surface area (Å²) in [5.41, 5.74) is 2.45. The van der Waals surface area contributed by atoms with Crippen LogP contribution in [-0.2, 0) is 17.6 Å². The lowest BCUT2D eigenvalue weighted by Crippen LogP contribution is -2.47. The monoisotopic (exact) mass is 246 g/mol. The lowest BCUT2D eigenvalue weighted by Gasteiger charge is -2.32. The molecule has 0 unspecified atom stereocenters. The van der Waals surface area contributed by atoms with Gasteiger partial charge in [0.1, 0.15) is 0 Å². The lowest BCUT2D eigenvalue weighted by molar-refractivity contribution is -0.132. The summed E-state index contributed by atoms with van der Waals surface area (Å²) in [6.45, 7) is 5.84. The third-order valence-electron chi connectivity index (χ3n) is 3.64. The lowest BCUT2D eigenvalue weighted by atomic mass is 10.1. The van der Waals surface area contributed by atoms with E-state index < -0.39 is 0 Å². The molecule has 1 saturated heterocycles. The molecule has 0 N–H and O–H groups in total. The zero-order valence-corrected chi connectivity index (χ0v) is 11.4. The van der Waals surface area contributed by atoms with Gasteiger partial charge in [-0.3, -0.25) is 4.79 Å². The molecule has 1 amide bonds. The van der Waals surface area contributed by atoms with E-state index in [2.05, 4.69) is 43.1 Å². The maximum Gasteiger partial charge on any atom is 0.227 e. The van der Waals surface area contributed by atoms with E-state index in [0.717, 1.165) is 38.2 Å². The molecule has 3 nitrogen and oxygen atoms in total. The first-order valence-electron chi connectivity index (χ1n) is 6.73. The summed E-state index contributed by atoms with van der Waals surface area (Å²) in [6.07, 6.45) is 1.58. The highest BCUT2D eigenvalue weighted by Crippen LogP contribution is 2.08. The molecule has 1 aromatic carbocycles. The van der Waals surface area contributed by atoms with Crippen LogP contribution < -0.4 is 0 Å². The van der Waals surface area contributed by atoms with E-state index in [4.69, 9.17) is 0 Å². The van der Waals surface area contributed by atoms with Crippen LogP contribution >= 0.6 is 0 Å². The second-order valence-electron chi connectivity index (χ2n) is 5.03. The number of aryl methyl sites for hydroxylation is 1. The molecule has 98 valence electrons. The van der Waals surface area contributed by atoms with Gasteiger partial charge in [0, 0.05) is 26.2 Å². The van der Waals surface area contributed by atoms with Gasteiger partial charge in [0.05, 0.1) is 6.42 Å². The minimum Gasteiger partial charge on any atom is -0.340 e. The van der Waals surface area contributed by atoms with E-state index in [1.807, 2.05) is 4.90 Å². The van der Waals surface area contributed by atoms with Crippen LogP contribution in [0.25, 0.3) is 0 Å². The minimum atomic E-state index is 0.257. The van der Waals surface area contributed by atoms with E-state index in [1.165, 1.54) is 5.56 Å². The molecule has 1 heterocycles. The highest BCUT2D eigenvalue weighted by Gasteiger charge is 2.18. The second-order valence-corrected chi connectivity index (χ2v) is 5.03. The zero-order valence-electron chi connectivity index (χ0n) is 11.4. The smallest absolute Gasteiger partial charge is 0.227 e. The van der Waals surface area contributed by atoms with Crippen LogP contribution in [0.2, 0.25) is 0 Å². The van der Waals surface area contributed by atoms with Gasteiger partial charge < -0.3 is 9.80 Å². The fourth-order valence-corrected chi connectivity index (χ4v) is 2.24. The normalized spacial score (nSPS) is 16.9. The molecule has 1 aliphatic rings. The Morgan fingerprint density at radius 1 is 1.06 bits per heavy atom. The van der Waals surface area contributed by atoms with Crippen molar-refractivity contribution in [2.75, 3.05) is 33.2 Å². The Kier molecular flexibility index (Phi) is 4.37. The van der Waals surface area contributed by atoms with Crippen molar-refractivity contribution in [1.29, 1.82) is 0 Å². The molecule has 0 spiro atoms. The largest absolute Gasteiger partial charge is 0.340 e. The fraction of sp³-hybridized carbons (Fsp3) is 0.533. The Labute approximate surface area is 109 Å². The summed E-state index contributed by atoms with van der Waals surface area (Å²) in [6, 6.07) is 8.39. The minimum absolute atomic E-state index is 0.257. The first-order valence-corrected chi connectivity index (χ1v) is 6.73. The number of amides is 1. The predicted molar refractivity (Wildman–Crippen MR) is 73.6 cm³/mol. The first-order chi connectivity index (χ1) is 8.69. The van der Waals surface area contributed by atoms with E-state index in [9.17, 15) is 4.79 Å². The average molecular weight is 246 g/mol. The molecular formula is C15H22N2O. The number of nitrogens with zero attached hydrogens (tertiary/aromatic N) is 2. The number of hydrogen-bond acceptors (Lipinski definition) is 2. The second kappa shape index (κ2) is 6.01. The van der Waals surface area contributed by atoms with Crippen molar-refractivity contribution in [3.05, 3.63) is 35.4 Å². The highest BCUT2D eigenvalue weighted by atomic mass is 16.2. The number of likely N-dealkylation sites (N-methyl/N-ethyl adjacent to an activating group) is 1. The van der Waals surface area contributed by atoms with Crippen LogP contribution in [0.5, 0.6) is 0 Å². The van der Waals surface area contributed by atoms with E-state index in [0.29, 0.717) is 6.42 Å². The van der Waals surface area contributed by atoms with Gasteiger partial charge in [-0.05, 0) is 24.6 Å². The Bertz CT molecular complexity index is 391. The molecule has 1 aromatic rings. The molecule has 0 aromatic heterocycles. The van der Waals surface area contributed by atoms with Crippen LogP contribution in [0.4, 0.5) is 0 Å². The standard InChI is InChI=1S/C15H22N2O/c1-3-13-4-6-14(7-5-13)12-15(18)17-10-8-16(2)9-11-17/h4-7H,3,8-12H2,1-2H3. The van der Waals surface area contributed by atoms with Crippen molar-refractivity contribution in [2.24, 2.45) is 0 Å². The van der Waals surface area contributed by atoms with Gasteiger partial charge in [-0.2, -0.15) is 0 Å². The molecule has 0 radical (unpaired) electrons. The molecule has 1 fully saturated rings. The van der Waals surface area contributed by atoms with Gasteiger partial charge in [0.25, 0.3) is 0 Å². The fourth-order valence-electron chi connectivity index (χ4n) is 2.24. The summed E-state index contributed by atoms with van der Waals surface area (Å²) >= 11 is 0. The molecule has 2 rings (SSSR count). The summed E-state index contributed by atoms with van der Waals surface area (Å²) in [5, 5.41) is 0. The van der Waals surface area contributed by atoms with E-state index in [-0.39, 0.29) is 5.91 Å². The third kappa shape index (κ3) is 3.33. The Balaban J connectivity index is 1.90. The van der Waals surface area contributed by atoms with E-state index in [1.54, 1.807) is 0 Å². The maximum absolute atomic E-state index is 12.1. The SMILES string of the molecule is CCc1ccc(CC(=O)N2CCN(C)CC2)cc1. The van der Waals surface area contributed by atoms with Crippen LogP contribution in [0.15, 0.2) is 24.3 Å². The summed E-state index contributed by atoms with van der Waals surface area (Å²) in [4.78, 5) is 16.4. The summed E-state index contributed by atoms with van der Waals surface area (Å²) < 4.78 is 0. The zero-order chi connectivity index (χ0) is 13.0. The van der Waals surface area contributed by atoms with Crippen LogP contribution in [0.3, 0.4) is 0 Å². The van der Waals surface area contributed by atoms with Crippen molar-refractivity contribution in [2.45, 2.75) is 19.8 Å². The number of carbonyl (C=O) groups is 1. The number of rotatable bonds is 3. The van der Waals surface area contributed by atoms with Crippen LogP contribution in [0.1, 0.15) is 18.1 Å². The van der Waals surface area contributed by atoms with Gasteiger partial charge >= 0.3 is 0 Å². The molecule has 0 saturated carbocycles. The first kappa shape index (κ1) is 13.1. The molecule has 1 aliphatic heterocycles. The van der Waals surface area contributed by atoms with Crippen molar-refractivity contribution in [1.82, 2.24) is 9.80 Å². The Morgan fingerprint density at radius 2 is 1.61 bits per heavy atom. The molecule has 18 heavy (non-hydrogen) atoms.